The Bertz CT molecular complexity index is 282. The average Bonchev–Trinajstić information content (AvgIpc) is 2.83. The van der Waals surface area contributed by atoms with Gasteiger partial charge in [-0.05, 0) is 51.2 Å². The van der Waals surface area contributed by atoms with Crippen molar-refractivity contribution in [3.05, 3.63) is 0 Å². The first-order valence-corrected chi connectivity index (χ1v) is 7.45. The van der Waals surface area contributed by atoms with Gasteiger partial charge in [0.2, 0.25) is 5.91 Å². The second-order valence-corrected chi connectivity index (χ2v) is 5.81. The predicted octanol–water partition coefficient (Wildman–Crippen LogP) is 0.975. The third-order valence-electron chi connectivity index (χ3n) is 4.40. The maximum absolute atomic E-state index is 12.1. The molecule has 2 aliphatic rings. The summed E-state index contributed by atoms with van der Waals surface area (Å²) >= 11 is 0. The van der Waals surface area contributed by atoms with E-state index in [9.17, 15) is 4.79 Å². The molecule has 0 spiro atoms. The lowest BCUT2D eigenvalue weighted by molar-refractivity contribution is -0.124. The third kappa shape index (κ3) is 3.45. The summed E-state index contributed by atoms with van der Waals surface area (Å²) in [6, 6.07) is 0.588. The van der Waals surface area contributed by atoms with Crippen molar-refractivity contribution in [3.63, 3.8) is 0 Å². The molecule has 4 heteroatoms. The Morgan fingerprint density at radius 1 is 1.44 bits per heavy atom. The van der Waals surface area contributed by atoms with Gasteiger partial charge in [0.05, 0.1) is 6.04 Å². The van der Waals surface area contributed by atoms with Gasteiger partial charge in [-0.25, -0.2) is 0 Å². The van der Waals surface area contributed by atoms with Crippen LogP contribution >= 0.6 is 0 Å². The van der Waals surface area contributed by atoms with Gasteiger partial charge in [0.15, 0.2) is 0 Å². The number of carbonyl (C=O) groups excluding carboxylic acids is 1. The fourth-order valence-corrected chi connectivity index (χ4v) is 3.19. The van der Waals surface area contributed by atoms with E-state index in [2.05, 4.69) is 29.4 Å². The number of hydrogen-bond donors (Lipinski definition) is 2. The number of carbonyl (C=O) groups is 1. The van der Waals surface area contributed by atoms with Crippen molar-refractivity contribution >= 4 is 5.91 Å². The highest BCUT2D eigenvalue weighted by Crippen LogP contribution is 2.17. The van der Waals surface area contributed by atoms with E-state index in [1.807, 2.05) is 0 Å². The molecule has 0 bridgehead atoms. The highest BCUT2D eigenvalue weighted by atomic mass is 16.2. The zero-order valence-electron chi connectivity index (χ0n) is 11.7. The molecule has 4 nitrogen and oxygen atoms in total. The van der Waals surface area contributed by atoms with Crippen LogP contribution in [0.3, 0.4) is 0 Å². The minimum atomic E-state index is 0.0326. The van der Waals surface area contributed by atoms with Gasteiger partial charge in [0, 0.05) is 12.6 Å². The molecule has 2 rings (SSSR count). The van der Waals surface area contributed by atoms with Gasteiger partial charge in [-0.3, -0.25) is 9.69 Å². The number of likely N-dealkylation sites (N-methyl/N-ethyl adjacent to an activating group) is 1. The van der Waals surface area contributed by atoms with Crippen LogP contribution in [0.15, 0.2) is 0 Å². The number of amides is 1. The van der Waals surface area contributed by atoms with Gasteiger partial charge in [0.25, 0.3) is 0 Å². The lowest BCUT2D eigenvalue weighted by Crippen LogP contribution is -2.50. The molecule has 0 aliphatic carbocycles. The SMILES string of the molecule is CCN1CCCC1CNC(=O)C1CC(C)CCN1. The van der Waals surface area contributed by atoms with Crippen molar-refractivity contribution in [2.45, 2.75) is 51.6 Å². The molecule has 0 aromatic heterocycles. The van der Waals surface area contributed by atoms with Crippen LogP contribution in [0.2, 0.25) is 0 Å². The van der Waals surface area contributed by atoms with Crippen molar-refractivity contribution in [3.8, 4) is 0 Å². The number of piperidine rings is 1. The molecule has 0 aromatic rings. The van der Waals surface area contributed by atoms with Gasteiger partial charge < -0.3 is 10.6 Å². The average molecular weight is 253 g/mol. The fraction of sp³-hybridized carbons (Fsp3) is 0.929. The molecule has 3 unspecified atom stereocenters. The normalized spacial score (nSPS) is 33.6. The number of likely N-dealkylation sites (tertiary alicyclic amines) is 1. The molecular formula is C14H27N3O. The molecule has 2 heterocycles. The zero-order chi connectivity index (χ0) is 13.0. The smallest absolute Gasteiger partial charge is 0.237 e. The Hall–Kier alpha value is -0.610. The lowest BCUT2D eigenvalue weighted by atomic mass is 9.94. The van der Waals surface area contributed by atoms with Crippen molar-refractivity contribution in [2.75, 3.05) is 26.2 Å². The highest BCUT2D eigenvalue weighted by molar-refractivity contribution is 5.81. The van der Waals surface area contributed by atoms with Crippen LogP contribution in [-0.4, -0.2) is 49.1 Å². The standard InChI is InChI=1S/C14H27N3O/c1-3-17-8-4-5-12(17)10-16-14(18)13-9-11(2)6-7-15-13/h11-13,15H,3-10H2,1-2H3,(H,16,18). The van der Waals surface area contributed by atoms with Crippen molar-refractivity contribution in [1.82, 2.24) is 15.5 Å². The maximum Gasteiger partial charge on any atom is 0.237 e. The molecular weight excluding hydrogens is 226 g/mol. The van der Waals surface area contributed by atoms with E-state index in [0.717, 1.165) is 26.1 Å². The van der Waals surface area contributed by atoms with Crippen molar-refractivity contribution in [1.29, 1.82) is 0 Å². The fourth-order valence-electron chi connectivity index (χ4n) is 3.19. The minimum absolute atomic E-state index is 0.0326. The Labute approximate surface area is 110 Å². The summed E-state index contributed by atoms with van der Waals surface area (Å²) in [5.41, 5.74) is 0. The summed E-state index contributed by atoms with van der Waals surface area (Å²) < 4.78 is 0. The number of nitrogens with zero attached hydrogens (tertiary/aromatic N) is 1. The first-order valence-electron chi connectivity index (χ1n) is 7.45. The number of nitrogens with one attached hydrogen (secondary N) is 2. The molecule has 104 valence electrons. The Morgan fingerprint density at radius 2 is 2.28 bits per heavy atom. The predicted molar refractivity (Wildman–Crippen MR) is 73.5 cm³/mol. The molecule has 3 atom stereocenters. The summed E-state index contributed by atoms with van der Waals surface area (Å²) in [4.78, 5) is 14.6. The quantitative estimate of drug-likeness (QED) is 0.785. The van der Waals surface area contributed by atoms with Crippen LogP contribution in [-0.2, 0) is 4.79 Å². The number of rotatable bonds is 4. The maximum atomic E-state index is 12.1. The molecule has 2 saturated heterocycles. The van der Waals surface area contributed by atoms with Gasteiger partial charge in [-0.2, -0.15) is 0 Å². The molecule has 0 aromatic carbocycles. The molecule has 2 aliphatic heterocycles. The summed E-state index contributed by atoms with van der Waals surface area (Å²) in [7, 11) is 0. The van der Waals surface area contributed by atoms with Gasteiger partial charge in [-0.1, -0.05) is 13.8 Å². The van der Waals surface area contributed by atoms with E-state index in [1.54, 1.807) is 0 Å². The van der Waals surface area contributed by atoms with Crippen LogP contribution in [0, 0.1) is 5.92 Å². The largest absolute Gasteiger partial charge is 0.353 e. The summed E-state index contributed by atoms with van der Waals surface area (Å²) in [5, 5.41) is 6.46. The Morgan fingerprint density at radius 3 is 3.00 bits per heavy atom. The van der Waals surface area contributed by atoms with E-state index in [1.165, 1.54) is 25.8 Å². The third-order valence-corrected chi connectivity index (χ3v) is 4.40. The summed E-state index contributed by atoms with van der Waals surface area (Å²) in [5.74, 6) is 0.866. The van der Waals surface area contributed by atoms with Crippen LogP contribution < -0.4 is 10.6 Å². The monoisotopic (exact) mass is 253 g/mol. The van der Waals surface area contributed by atoms with Crippen LogP contribution in [0.1, 0.15) is 39.5 Å². The van der Waals surface area contributed by atoms with Gasteiger partial charge in [-0.15, -0.1) is 0 Å². The second-order valence-electron chi connectivity index (χ2n) is 5.81. The first kappa shape index (κ1) is 13.8. The molecule has 0 saturated carbocycles. The number of hydrogen-bond acceptors (Lipinski definition) is 3. The van der Waals surface area contributed by atoms with Crippen molar-refractivity contribution < 1.29 is 4.79 Å². The van der Waals surface area contributed by atoms with Gasteiger partial charge in [0.1, 0.15) is 0 Å². The molecule has 2 N–H and O–H groups in total. The van der Waals surface area contributed by atoms with E-state index in [-0.39, 0.29) is 11.9 Å². The van der Waals surface area contributed by atoms with E-state index >= 15 is 0 Å². The lowest BCUT2D eigenvalue weighted by Gasteiger charge is -2.28. The van der Waals surface area contributed by atoms with Gasteiger partial charge >= 0.3 is 0 Å². The van der Waals surface area contributed by atoms with Crippen LogP contribution in [0.5, 0.6) is 0 Å². The Kier molecular flexibility index (Phi) is 5.01. The minimum Gasteiger partial charge on any atom is -0.353 e. The van der Waals surface area contributed by atoms with Crippen LogP contribution in [0.25, 0.3) is 0 Å². The Balaban J connectivity index is 1.74. The first-order chi connectivity index (χ1) is 8.70. The topological polar surface area (TPSA) is 44.4 Å². The molecule has 2 fully saturated rings. The summed E-state index contributed by atoms with van der Waals surface area (Å²) in [6.07, 6.45) is 4.67. The van der Waals surface area contributed by atoms with Crippen LogP contribution in [0.4, 0.5) is 0 Å². The second kappa shape index (κ2) is 6.53. The highest BCUT2D eigenvalue weighted by Gasteiger charge is 2.27. The summed E-state index contributed by atoms with van der Waals surface area (Å²) in [6.45, 7) is 8.51. The van der Waals surface area contributed by atoms with E-state index in [4.69, 9.17) is 0 Å². The zero-order valence-corrected chi connectivity index (χ0v) is 11.7. The molecule has 1 amide bonds. The molecule has 18 heavy (non-hydrogen) atoms. The van der Waals surface area contributed by atoms with E-state index < -0.39 is 0 Å². The van der Waals surface area contributed by atoms with Crippen molar-refractivity contribution in [2.24, 2.45) is 5.92 Å². The molecule has 0 radical (unpaired) electrons. The van der Waals surface area contributed by atoms with E-state index in [0.29, 0.717) is 12.0 Å².